The van der Waals surface area contributed by atoms with Gasteiger partial charge >= 0.3 is 0 Å². The topological polar surface area (TPSA) is 36.4 Å². The van der Waals surface area contributed by atoms with Crippen molar-refractivity contribution in [2.75, 3.05) is 24.6 Å². The maximum absolute atomic E-state index is 4.77. The molecule has 1 saturated carbocycles. The van der Waals surface area contributed by atoms with Crippen LogP contribution in [-0.4, -0.2) is 39.3 Å². The molecule has 108 valence electrons. The van der Waals surface area contributed by atoms with Crippen LogP contribution in [0.4, 0.5) is 0 Å². The Morgan fingerprint density at radius 3 is 2.58 bits per heavy atom. The van der Waals surface area contributed by atoms with Gasteiger partial charge in [0, 0.05) is 24.1 Å². The third-order valence-corrected chi connectivity index (χ3v) is 6.51. The van der Waals surface area contributed by atoms with Crippen LogP contribution in [0.1, 0.15) is 32.1 Å². The average Bonchev–Trinajstić information content (AvgIpc) is 3.11. The Kier molecular flexibility index (Phi) is 7.97. The normalized spacial score (nSPS) is 23.6. The van der Waals surface area contributed by atoms with Gasteiger partial charge in [-0.05, 0) is 24.8 Å². The molecule has 1 saturated heterocycles. The molecular formula is C12H21N3S4. The first-order chi connectivity index (χ1) is 9.34. The Hall–Kier alpha value is 0.570. The summed E-state index contributed by atoms with van der Waals surface area (Å²) in [5, 5.41) is 3.01. The summed E-state index contributed by atoms with van der Waals surface area (Å²) in [5.74, 6) is 2.33. The van der Waals surface area contributed by atoms with E-state index in [1.807, 2.05) is 11.8 Å². The first-order valence-electron chi connectivity index (χ1n) is 6.85. The molecule has 0 amide bonds. The van der Waals surface area contributed by atoms with Gasteiger partial charge in [-0.3, -0.25) is 9.71 Å². The molecule has 3 nitrogen and oxygen atoms in total. The fraction of sp³-hybridized carbons (Fsp3) is 0.833. The number of thiocarbonyl (C=S) groups is 1. The largest absolute Gasteiger partial charge is 0.370 e. The number of aliphatic imine (C=N–C) groups is 1. The van der Waals surface area contributed by atoms with E-state index in [2.05, 4.69) is 15.0 Å². The van der Waals surface area contributed by atoms with Gasteiger partial charge in [-0.15, -0.1) is 0 Å². The van der Waals surface area contributed by atoms with Crippen molar-refractivity contribution >= 4 is 56.4 Å². The third-order valence-electron chi connectivity index (χ3n) is 3.08. The fourth-order valence-corrected chi connectivity index (χ4v) is 4.85. The summed E-state index contributed by atoms with van der Waals surface area (Å²) in [5.41, 5.74) is 0. The zero-order valence-corrected chi connectivity index (χ0v) is 14.3. The second kappa shape index (κ2) is 9.50. The second-order valence-electron chi connectivity index (χ2n) is 4.61. The van der Waals surface area contributed by atoms with E-state index in [0.717, 1.165) is 29.2 Å². The van der Waals surface area contributed by atoms with Crippen LogP contribution >= 0.6 is 47.7 Å². The standard InChI is InChI=1S/C9H16N2S2.C3H5NS2/c1-2-4-8(5-3-1)11-13-9-10-6-7-12-9;5-3-4-1-2-6-3/h8,11H,1-7H2;1-2H2,(H,4,5). The Morgan fingerprint density at radius 2 is 2.05 bits per heavy atom. The van der Waals surface area contributed by atoms with Crippen molar-refractivity contribution in [2.45, 2.75) is 38.1 Å². The van der Waals surface area contributed by atoms with Crippen LogP contribution in [-0.2, 0) is 0 Å². The monoisotopic (exact) mass is 335 g/mol. The molecule has 0 radical (unpaired) electrons. The molecule has 19 heavy (non-hydrogen) atoms. The first kappa shape index (κ1) is 15.9. The van der Waals surface area contributed by atoms with E-state index in [-0.39, 0.29) is 0 Å². The van der Waals surface area contributed by atoms with Crippen molar-refractivity contribution < 1.29 is 0 Å². The number of nitrogens with one attached hydrogen (secondary N) is 2. The molecule has 3 rings (SSSR count). The van der Waals surface area contributed by atoms with Crippen LogP contribution < -0.4 is 10.0 Å². The molecule has 2 aliphatic heterocycles. The Balaban J connectivity index is 0.000000186. The molecule has 0 aromatic carbocycles. The van der Waals surface area contributed by atoms with E-state index in [1.54, 1.807) is 23.7 Å². The lowest BCUT2D eigenvalue weighted by Gasteiger charge is -2.21. The van der Waals surface area contributed by atoms with Crippen LogP contribution in [0.3, 0.4) is 0 Å². The van der Waals surface area contributed by atoms with Crippen LogP contribution in [0.2, 0.25) is 0 Å². The highest BCUT2D eigenvalue weighted by Gasteiger charge is 2.15. The first-order valence-corrected chi connectivity index (χ1v) is 10.0. The summed E-state index contributed by atoms with van der Waals surface area (Å²) >= 11 is 10.1. The summed E-state index contributed by atoms with van der Waals surface area (Å²) in [4.78, 5) is 4.40. The number of hydrogen-bond donors (Lipinski definition) is 2. The summed E-state index contributed by atoms with van der Waals surface area (Å²) in [7, 11) is 0. The molecule has 3 aliphatic rings. The maximum Gasteiger partial charge on any atom is 0.139 e. The summed E-state index contributed by atoms with van der Waals surface area (Å²) in [6.45, 7) is 2.07. The van der Waals surface area contributed by atoms with Crippen LogP contribution in [0.15, 0.2) is 4.99 Å². The minimum absolute atomic E-state index is 0.739. The molecule has 1 aliphatic carbocycles. The van der Waals surface area contributed by atoms with Gasteiger partial charge in [-0.1, -0.05) is 55.0 Å². The second-order valence-corrected chi connectivity index (χ2v) is 8.55. The van der Waals surface area contributed by atoms with Crippen molar-refractivity contribution in [1.29, 1.82) is 0 Å². The molecule has 2 heterocycles. The van der Waals surface area contributed by atoms with Crippen molar-refractivity contribution in [3.05, 3.63) is 0 Å². The fourth-order valence-electron chi connectivity index (χ4n) is 2.08. The third kappa shape index (κ3) is 6.71. The summed E-state index contributed by atoms with van der Waals surface area (Å²) < 4.78 is 5.72. The summed E-state index contributed by atoms with van der Waals surface area (Å²) in [6.07, 6.45) is 6.93. The Bertz CT molecular complexity index is 308. The van der Waals surface area contributed by atoms with Crippen LogP contribution in [0.25, 0.3) is 0 Å². The van der Waals surface area contributed by atoms with Crippen molar-refractivity contribution in [3.8, 4) is 0 Å². The van der Waals surface area contributed by atoms with Crippen LogP contribution in [0, 0.1) is 0 Å². The number of rotatable bonds is 2. The molecule has 0 spiro atoms. The Morgan fingerprint density at radius 1 is 1.21 bits per heavy atom. The number of nitrogens with zero attached hydrogens (tertiary/aromatic N) is 1. The highest BCUT2D eigenvalue weighted by atomic mass is 32.2. The highest BCUT2D eigenvalue weighted by Crippen LogP contribution is 2.24. The van der Waals surface area contributed by atoms with Gasteiger partial charge in [-0.25, -0.2) is 0 Å². The number of hydrogen-bond acceptors (Lipinski definition) is 6. The number of thioether (sulfide) groups is 2. The van der Waals surface area contributed by atoms with E-state index in [4.69, 9.17) is 12.2 Å². The maximum atomic E-state index is 4.77. The molecule has 0 unspecified atom stereocenters. The van der Waals surface area contributed by atoms with Crippen molar-refractivity contribution in [2.24, 2.45) is 4.99 Å². The molecule has 2 N–H and O–H groups in total. The predicted octanol–water partition coefficient (Wildman–Crippen LogP) is 3.27. The molecule has 0 bridgehead atoms. The Labute approximate surface area is 134 Å². The van der Waals surface area contributed by atoms with Gasteiger partial charge in [0.15, 0.2) is 0 Å². The van der Waals surface area contributed by atoms with Gasteiger partial charge in [0.2, 0.25) is 0 Å². The van der Waals surface area contributed by atoms with Gasteiger partial charge in [0.05, 0.1) is 6.54 Å². The van der Waals surface area contributed by atoms with E-state index in [0.29, 0.717) is 0 Å². The molecule has 7 heteroatoms. The summed E-state index contributed by atoms with van der Waals surface area (Å²) in [6, 6.07) is 0.739. The van der Waals surface area contributed by atoms with Gasteiger partial charge in [-0.2, -0.15) is 0 Å². The van der Waals surface area contributed by atoms with Crippen LogP contribution in [0.5, 0.6) is 0 Å². The van der Waals surface area contributed by atoms with E-state index >= 15 is 0 Å². The lowest BCUT2D eigenvalue weighted by Crippen LogP contribution is -2.26. The molecule has 0 aromatic rings. The van der Waals surface area contributed by atoms with E-state index in [9.17, 15) is 0 Å². The molecule has 0 aromatic heterocycles. The average molecular weight is 336 g/mol. The lowest BCUT2D eigenvalue weighted by atomic mass is 9.96. The zero-order valence-electron chi connectivity index (χ0n) is 11.0. The van der Waals surface area contributed by atoms with Gasteiger partial charge in [0.1, 0.15) is 8.70 Å². The van der Waals surface area contributed by atoms with Crippen molar-refractivity contribution in [3.63, 3.8) is 0 Å². The quantitative estimate of drug-likeness (QED) is 0.596. The zero-order chi connectivity index (χ0) is 13.3. The molecule has 2 fully saturated rings. The molecular weight excluding hydrogens is 314 g/mol. The van der Waals surface area contributed by atoms with E-state index < -0.39 is 0 Å². The predicted molar refractivity (Wildman–Crippen MR) is 95.4 cm³/mol. The molecule has 0 atom stereocenters. The lowest BCUT2D eigenvalue weighted by molar-refractivity contribution is 0.424. The SMILES string of the molecule is C1CCC(NSC2=NCCS2)CC1.S=C1NCCS1. The smallest absolute Gasteiger partial charge is 0.139 e. The minimum atomic E-state index is 0.739. The highest BCUT2D eigenvalue weighted by molar-refractivity contribution is 8.38. The van der Waals surface area contributed by atoms with E-state index in [1.165, 1.54) is 42.2 Å². The van der Waals surface area contributed by atoms with Gasteiger partial charge in [0.25, 0.3) is 0 Å². The van der Waals surface area contributed by atoms with Gasteiger partial charge < -0.3 is 5.32 Å². The minimum Gasteiger partial charge on any atom is -0.370 e. The van der Waals surface area contributed by atoms with Crippen molar-refractivity contribution in [1.82, 2.24) is 10.0 Å².